The molecule has 0 radical (unpaired) electrons. The van der Waals surface area contributed by atoms with Gasteiger partial charge in [0.15, 0.2) is 0 Å². The number of carbonyl (C=O) groups excluding carboxylic acids is 1. The molecule has 1 aliphatic heterocycles. The number of hydrogen-bond acceptors (Lipinski definition) is 7. The summed E-state index contributed by atoms with van der Waals surface area (Å²) in [6.07, 6.45) is 3.35. The van der Waals surface area contributed by atoms with Gasteiger partial charge in [-0.25, -0.2) is 8.42 Å². The van der Waals surface area contributed by atoms with Gasteiger partial charge in [-0.2, -0.15) is 14.5 Å². The highest BCUT2D eigenvalue weighted by molar-refractivity contribution is 7.89. The highest BCUT2D eigenvalue weighted by atomic mass is 32.2. The van der Waals surface area contributed by atoms with E-state index < -0.39 is 10.0 Å². The van der Waals surface area contributed by atoms with Crippen LogP contribution in [0.15, 0.2) is 41.6 Å². The summed E-state index contributed by atoms with van der Waals surface area (Å²) in [5.41, 5.74) is 1.70. The Kier molecular flexibility index (Phi) is 6.62. The predicted octanol–water partition coefficient (Wildman–Crippen LogP) is 1.37. The van der Waals surface area contributed by atoms with Gasteiger partial charge in [-0.05, 0) is 30.7 Å². The first-order valence-electron chi connectivity index (χ1n) is 10.8. The summed E-state index contributed by atoms with van der Waals surface area (Å²) in [4.78, 5) is 15.2. The maximum atomic E-state index is 13.4. The van der Waals surface area contributed by atoms with Crippen molar-refractivity contribution in [2.75, 3.05) is 40.4 Å². The zero-order valence-corrected chi connectivity index (χ0v) is 20.4. The van der Waals surface area contributed by atoms with Crippen molar-refractivity contribution in [1.82, 2.24) is 28.8 Å². The summed E-state index contributed by atoms with van der Waals surface area (Å²) >= 11 is 0. The lowest BCUT2D eigenvalue weighted by molar-refractivity contribution is 0.0753. The molecular formula is C22H28N6O5S. The Morgan fingerprint density at radius 2 is 1.82 bits per heavy atom. The minimum absolute atomic E-state index is 0.151. The van der Waals surface area contributed by atoms with Crippen molar-refractivity contribution < 1.29 is 22.7 Å². The Labute approximate surface area is 198 Å². The number of benzene rings is 1. The number of nitrogens with zero attached hydrogens (tertiary/aromatic N) is 6. The van der Waals surface area contributed by atoms with E-state index >= 15 is 0 Å². The molecule has 0 N–H and O–H groups in total. The fraction of sp³-hybridized carbons (Fsp3) is 0.409. The van der Waals surface area contributed by atoms with E-state index in [1.54, 1.807) is 51.4 Å². The number of carbonyl (C=O) groups is 1. The molecule has 11 nitrogen and oxygen atoms in total. The number of methoxy groups -OCH3 is 2. The number of amides is 1. The highest BCUT2D eigenvalue weighted by Gasteiger charge is 2.30. The topological polar surface area (TPSA) is 112 Å². The van der Waals surface area contributed by atoms with Crippen LogP contribution in [-0.2, 0) is 24.1 Å². The van der Waals surface area contributed by atoms with Crippen LogP contribution in [0.4, 0.5) is 0 Å². The van der Waals surface area contributed by atoms with Crippen LogP contribution in [0.25, 0.3) is 11.3 Å². The van der Waals surface area contributed by atoms with E-state index in [1.807, 2.05) is 6.07 Å². The summed E-state index contributed by atoms with van der Waals surface area (Å²) < 4.78 is 41.1. The van der Waals surface area contributed by atoms with Crippen LogP contribution in [-0.4, -0.2) is 83.5 Å². The second-order valence-electron chi connectivity index (χ2n) is 8.00. The average Bonchev–Trinajstić information content (AvgIpc) is 3.35. The Morgan fingerprint density at radius 1 is 1.03 bits per heavy atom. The Bertz CT molecular complexity index is 1300. The molecule has 0 atom stereocenters. The smallest absolute Gasteiger partial charge is 0.272 e. The summed E-state index contributed by atoms with van der Waals surface area (Å²) in [5.74, 6) is 1.06. The quantitative estimate of drug-likeness (QED) is 0.515. The molecule has 0 unspecified atom stereocenters. The molecule has 0 spiro atoms. The third kappa shape index (κ3) is 4.50. The van der Waals surface area contributed by atoms with E-state index in [-0.39, 0.29) is 23.9 Å². The van der Waals surface area contributed by atoms with Gasteiger partial charge in [0.2, 0.25) is 10.0 Å². The normalized spacial score (nSPS) is 15.2. The molecular weight excluding hydrogens is 460 g/mol. The van der Waals surface area contributed by atoms with Crippen LogP contribution in [0.5, 0.6) is 11.5 Å². The molecule has 12 heteroatoms. The van der Waals surface area contributed by atoms with Crippen molar-refractivity contribution in [2.45, 2.75) is 11.3 Å². The number of aryl methyl sites for hydroxylation is 2. The first kappa shape index (κ1) is 23.8. The number of sulfonamides is 1. The lowest BCUT2D eigenvalue weighted by atomic mass is 10.1. The third-order valence-corrected chi connectivity index (χ3v) is 7.69. The molecule has 1 aromatic carbocycles. The van der Waals surface area contributed by atoms with Crippen molar-refractivity contribution in [1.29, 1.82) is 0 Å². The van der Waals surface area contributed by atoms with Gasteiger partial charge >= 0.3 is 0 Å². The number of rotatable bonds is 6. The van der Waals surface area contributed by atoms with Gasteiger partial charge in [0.05, 0.1) is 26.1 Å². The first-order chi connectivity index (χ1) is 16.2. The standard InChI is InChI=1S/C22H28N6O5S/c1-25-15-17(14-23-25)34(30,31)28-9-5-8-27(10-11-28)22(29)20-13-19(24-26(20)2)18-12-16(32-3)6-7-21(18)33-4/h6-7,12-15H,5,8-11H2,1-4H3. The number of aromatic nitrogens is 4. The molecule has 3 heterocycles. The third-order valence-electron chi connectivity index (χ3n) is 5.84. The fourth-order valence-electron chi connectivity index (χ4n) is 3.99. The van der Waals surface area contributed by atoms with Crippen LogP contribution in [0.3, 0.4) is 0 Å². The zero-order chi connectivity index (χ0) is 24.5. The van der Waals surface area contributed by atoms with Gasteiger partial charge in [-0.15, -0.1) is 0 Å². The second kappa shape index (κ2) is 9.47. The molecule has 0 bridgehead atoms. The Balaban J connectivity index is 1.54. The zero-order valence-electron chi connectivity index (χ0n) is 19.6. The van der Waals surface area contributed by atoms with E-state index in [0.717, 1.165) is 0 Å². The molecule has 0 aliphatic carbocycles. The van der Waals surface area contributed by atoms with Crippen LogP contribution in [0.1, 0.15) is 16.9 Å². The van der Waals surface area contributed by atoms with Gasteiger partial charge in [-0.1, -0.05) is 0 Å². The maximum Gasteiger partial charge on any atom is 0.272 e. The van der Waals surface area contributed by atoms with Gasteiger partial charge < -0.3 is 14.4 Å². The van der Waals surface area contributed by atoms with E-state index in [2.05, 4.69) is 10.2 Å². The molecule has 1 saturated heterocycles. The summed E-state index contributed by atoms with van der Waals surface area (Å²) in [6.45, 7) is 1.26. The SMILES string of the molecule is COc1ccc(OC)c(-c2cc(C(=O)N3CCCN(S(=O)(=O)c4cnn(C)c4)CC3)n(C)n2)c1. The molecule has 1 aliphatic rings. The lowest BCUT2D eigenvalue weighted by Crippen LogP contribution is -2.37. The van der Waals surface area contributed by atoms with E-state index in [9.17, 15) is 13.2 Å². The summed E-state index contributed by atoms with van der Waals surface area (Å²) in [5, 5.41) is 8.48. The van der Waals surface area contributed by atoms with Gasteiger partial charge in [0, 0.05) is 52.0 Å². The summed E-state index contributed by atoms with van der Waals surface area (Å²) in [6, 6.07) is 7.10. The van der Waals surface area contributed by atoms with Crippen molar-refractivity contribution in [3.63, 3.8) is 0 Å². The molecule has 0 saturated carbocycles. The minimum Gasteiger partial charge on any atom is -0.497 e. The molecule has 3 aromatic rings. The molecule has 182 valence electrons. The van der Waals surface area contributed by atoms with E-state index in [1.165, 1.54) is 26.1 Å². The van der Waals surface area contributed by atoms with Gasteiger partial charge in [0.25, 0.3) is 5.91 Å². The molecule has 1 fully saturated rings. The minimum atomic E-state index is -3.66. The Morgan fingerprint density at radius 3 is 2.50 bits per heavy atom. The largest absolute Gasteiger partial charge is 0.497 e. The highest BCUT2D eigenvalue weighted by Crippen LogP contribution is 2.33. The van der Waals surface area contributed by atoms with Crippen molar-refractivity contribution in [3.05, 3.63) is 42.4 Å². The van der Waals surface area contributed by atoms with Crippen molar-refractivity contribution >= 4 is 15.9 Å². The van der Waals surface area contributed by atoms with Crippen LogP contribution >= 0.6 is 0 Å². The number of ether oxygens (including phenoxy) is 2. The number of hydrogen-bond donors (Lipinski definition) is 0. The monoisotopic (exact) mass is 488 g/mol. The van der Waals surface area contributed by atoms with Gasteiger partial charge in [0.1, 0.15) is 22.1 Å². The van der Waals surface area contributed by atoms with Crippen molar-refractivity contribution in [2.24, 2.45) is 14.1 Å². The summed E-state index contributed by atoms with van der Waals surface area (Å²) in [7, 11) is 2.87. The van der Waals surface area contributed by atoms with E-state index in [0.29, 0.717) is 48.0 Å². The molecule has 1 amide bonds. The Hall–Kier alpha value is -3.38. The lowest BCUT2D eigenvalue weighted by Gasteiger charge is -2.21. The van der Waals surface area contributed by atoms with Crippen molar-refractivity contribution in [3.8, 4) is 22.8 Å². The van der Waals surface area contributed by atoms with Crippen LogP contribution in [0, 0.1) is 0 Å². The first-order valence-corrected chi connectivity index (χ1v) is 12.2. The van der Waals surface area contributed by atoms with Crippen LogP contribution < -0.4 is 9.47 Å². The molecule has 2 aromatic heterocycles. The predicted molar refractivity (Wildman–Crippen MR) is 124 cm³/mol. The molecule has 34 heavy (non-hydrogen) atoms. The molecule has 4 rings (SSSR count). The van der Waals surface area contributed by atoms with Gasteiger partial charge in [-0.3, -0.25) is 14.2 Å². The fourth-order valence-corrected chi connectivity index (χ4v) is 5.45. The average molecular weight is 489 g/mol. The maximum absolute atomic E-state index is 13.4. The van der Waals surface area contributed by atoms with Crippen LogP contribution in [0.2, 0.25) is 0 Å². The van der Waals surface area contributed by atoms with E-state index in [4.69, 9.17) is 9.47 Å². The second-order valence-corrected chi connectivity index (χ2v) is 9.94.